The van der Waals surface area contributed by atoms with Gasteiger partial charge >= 0.3 is 0 Å². The number of hydrazine groups is 1. The van der Waals surface area contributed by atoms with Gasteiger partial charge < -0.3 is 10.7 Å². The van der Waals surface area contributed by atoms with Crippen LogP contribution < -0.4 is 16.6 Å². The average Bonchev–Trinajstić information content (AvgIpc) is 2.43. The van der Waals surface area contributed by atoms with Crippen LogP contribution in [0.3, 0.4) is 0 Å². The maximum atomic E-state index is 12.2. The van der Waals surface area contributed by atoms with Gasteiger partial charge in [0, 0.05) is 5.56 Å². The average molecular weight is 366 g/mol. The molecule has 1 aromatic heterocycles. The number of nitrogens with two attached hydrogens (primary N) is 1. The fraction of sp³-hybridized carbons (Fsp3) is 0. The lowest BCUT2D eigenvalue weighted by Crippen LogP contribution is -2.15. The third kappa shape index (κ3) is 3.90. The van der Waals surface area contributed by atoms with Crippen molar-refractivity contribution < 1.29 is 4.79 Å². The SMILES string of the molecule is NNc1cc(C(=O)Nc2cc(Cl)c(Cl)cc2Cl)cc(Cl)n1. The van der Waals surface area contributed by atoms with Crippen molar-refractivity contribution in [1.82, 2.24) is 4.98 Å². The molecule has 110 valence electrons. The zero-order valence-corrected chi connectivity index (χ0v) is 13.3. The number of carbonyl (C=O) groups excluding carboxylic acids is 1. The Morgan fingerprint density at radius 3 is 2.33 bits per heavy atom. The molecule has 0 fully saturated rings. The first-order chi connectivity index (χ1) is 9.90. The van der Waals surface area contributed by atoms with E-state index >= 15 is 0 Å². The molecule has 21 heavy (non-hydrogen) atoms. The van der Waals surface area contributed by atoms with Crippen molar-refractivity contribution in [2.45, 2.75) is 0 Å². The standard InChI is InChI=1S/C12H8Cl4N4O/c13-6-3-8(15)9(4-7(6)14)18-12(21)5-1-10(16)19-11(2-5)20-17/h1-4H,17H2,(H,18,21)(H,19,20). The number of hydrogen-bond donors (Lipinski definition) is 3. The summed E-state index contributed by atoms with van der Waals surface area (Å²) in [6, 6.07) is 5.72. The number of anilines is 2. The van der Waals surface area contributed by atoms with Crippen LogP contribution >= 0.6 is 46.4 Å². The quantitative estimate of drug-likeness (QED) is 0.329. The topological polar surface area (TPSA) is 80.0 Å². The molecule has 0 atom stereocenters. The molecule has 0 aliphatic carbocycles. The highest BCUT2D eigenvalue weighted by molar-refractivity contribution is 6.44. The first kappa shape index (κ1) is 16.1. The number of halogens is 4. The number of benzene rings is 1. The lowest BCUT2D eigenvalue weighted by Gasteiger charge is -2.10. The predicted molar refractivity (Wildman–Crippen MR) is 86.5 cm³/mol. The Kier molecular flexibility index (Phi) is 5.13. The van der Waals surface area contributed by atoms with E-state index in [1.165, 1.54) is 24.3 Å². The summed E-state index contributed by atoms with van der Waals surface area (Å²) in [7, 11) is 0. The smallest absolute Gasteiger partial charge is 0.255 e. The number of rotatable bonds is 3. The molecule has 1 amide bonds. The number of aromatic nitrogens is 1. The van der Waals surface area contributed by atoms with Crippen molar-refractivity contribution in [3.8, 4) is 0 Å². The van der Waals surface area contributed by atoms with Crippen LogP contribution in [0, 0.1) is 0 Å². The zero-order chi connectivity index (χ0) is 15.6. The number of nitrogens with zero attached hydrogens (tertiary/aromatic N) is 1. The molecule has 4 N–H and O–H groups in total. The summed E-state index contributed by atoms with van der Waals surface area (Å²) in [4.78, 5) is 16.1. The normalized spacial score (nSPS) is 10.3. The molecule has 0 aliphatic rings. The highest BCUT2D eigenvalue weighted by Gasteiger charge is 2.13. The molecular formula is C12H8Cl4N4O. The Morgan fingerprint density at radius 2 is 1.67 bits per heavy atom. The molecule has 0 radical (unpaired) electrons. The van der Waals surface area contributed by atoms with Crippen molar-refractivity contribution in [3.63, 3.8) is 0 Å². The minimum Gasteiger partial charge on any atom is -0.321 e. The van der Waals surface area contributed by atoms with E-state index in [1.54, 1.807) is 0 Å². The molecule has 1 aromatic carbocycles. The number of carbonyl (C=O) groups is 1. The summed E-state index contributed by atoms with van der Waals surface area (Å²) in [5.41, 5.74) is 2.89. The predicted octanol–water partition coefficient (Wildman–Crippen LogP) is 4.23. The summed E-state index contributed by atoms with van der Waals surface area (Å²) in [6.07, 6.45) is 0. The summed E-state index contributed by atoms with van der Waals surface area (Å²) < 4.78 is 0. The van der Waals surface area contributed by atoms with Gasteiger partial charge in [-0.3, -0.25) is 4.79 Å². The molecule has 0 saturated carbocycles. The minimum atomic E-state index is -0.448. The van der Waals surface area contributed by atoms with Gasteiger partial charge in [0.15, 0.2) is 0 Å². The van der Waals surface area contributed by atoms with E-state index < -0.39 is 5.91 Å². The number of nitrogen functional groups attached to an aromatic ring is 1. The van der Waals surface area contributed by atoms with E-state index in [1.807, 2.05) is 0 Å². The number of amides is 1. The molecule has 1 heterocycles. The van der Waals surface area contributed by atoms with Crippen LogP contribution in [0.15, 0.2) is 24.3 Å². The second-order valence-electron chi connectivity index (χ2n) is 3.91. The van der Waals surface area contributed by atoms with Crippen LogP contribution in [0.25, 0.3) is 0 Å². The van der Waals surface area contributed by atoms with Crippen LogP contribution in [0.5, 0.6) is 0 Å². The molecular weight excluding hydrogens is 358 g/mol. The molecule has 2 aromatic rings. The molecule has 0 unspecified atom stereocenters. The fourth-order valence-corrected chi connectivity index (χ4v) is 2.32. The summed E-state index contributed by atoms with van der Waals surface area (Å²) in [5.74, 6) is 5.05. The van der Waals surface area contributed by atoms with Gasteiger partial charge in [-0.15, -0.1) is 0 Å². The van der Waals surface area contributed by atoms with Crippen molar-refractivity contribution in [3.05, 3.63) is 50.0 Å². The highest BCUT2D eigenvalue weighted by atomic mass is 35.5. The molecule has 2 rings (SSSR count). The number of pyridine rings is 1. The molecule has 0 saturated heterocycles. The lowest BCUT2D eigenvalue weighted by molar-refractivity contribution is 0.102. The van der Waals surface area contributed by atoms with Gasteiger partial charge in [-0.05, 0) is 24.3 Å². The highest BCUT2D eigenvalue weighted by Crippen LogP contribution is 2.32. The zero-order valence-electron chi connectivity index (χ0n) is 10.3. The maximum Gasteiger partial charge on any atom is 0.255 e. The van der Waals surface area contributed by atoms with Crippen LogP contribution in [-0.4, -0.2) is 10.9 Å². The van der Waals surface area contributed by atoms with Crippen molar-refractivity contribution in [2.75, 3.05) is 10.7 Å². The van der Waals surface area contributed by atoms with Crippen molar-refractivity contribution in [2.24, 2.45) is 5.84 Å². The van der Waals surface area contributed by atoms with E-state index in [0.29, 0.717) is 10.7 Å². The number of hydrogen-bond acceptors (Lipinski definition) is 4. The number of nitrogens with one attached hydrogen (secondary N) is 2. The monoisotopic (exact) mass is 364 g/mol. The lowest BCUT2D eigenvalue weighted by atomic mass is 10.2. The van der Waals surface area contributed by atoms with Gasteiger partial charge in [0.1, 0.15) is 11.0 Å². The van der Waals surface area contributed by atoms with E-state index in [0.717, 1.165) is 0 Å². The molecule has 0 aliphatic heterocycles. The molecule has 5 nitrogen and oxygen atoms in total. The third-order valence-electron chi connectivity index (χ3n) is 2.46. The fourth-order valence-electron chi connectivity index (χ4n) is 1.51. The summed E-state index contributed by atoms with van der Waals surface area (Å²) in [6.45, 7) is 0. The Balaban J connectivity index is 2.30. The van der Waals surface area contributed by atoms with Gasteiger partial charge in [0.2, 0.25) is 0 Å². The van der Waals surface area contributed by atoms with E-state index in [2.05, 4.69) is 15.7 Å². The Labute approximate surface area is 140 Å². The summed E-state index contributed by atoms with van der Waals surface area (Å²) in [5, 5.41) is 3.55. The minimum absolute atomic E-state index is 0.121. The van der Waals surface area contributed by atoms with E-state index in [9.17, 15) is 4.79 Å². The summed E-state index contributed by atoms with van der Waals surface area (Å²) >= 11 is 23.5. The Bertz CT molecular complexity index is 708. The van der Waals surface area contributed by atoms with Crippen LogP contribution in [-0.2, 0) is 0 Å². The van der Waals surface area contributed by atoms with Gasteiger partial charge in [0.25, 0.3) is 5.91 Å². The Morgan fingerprint density at radius 1 is 1.00 bits per heavy atom. The van der Waals surface area contributed by atoms with Gasteiger partial charge in [-0.25, -0.2) is 10.8 Å². The first-order valence-electron chi connectivity index (χ1n) is 5.51. The maximum absolute atomic E-state index is 12.2. The van der Waals surface area contributed by atoms with E-state index in [4.69, 9.17) is 52.2 Å². The van der Waals surface area contributed by atoms with Gasteiger partial charge in [-0.1, -0.05) is 46.4 Å². The first-order valence-corrected chi connectivity index (χ1v) is 7.02. The van der Waals surface area contributed by atoms with Crippen LogP contribution in [0.2, 0.25) is 20.2 Å². The van der Waals surface area contributed by atoms with Gasteiger partial charge in [0.05, 0.1) is 20.8 Å². The molecule has 0 bridgehead atoms. The molecule has 0 spiro atoms. The van der Waals surface area contributed by atoms with Crippen molar-refractivity contribution in [1.29, 1.82) is 0 Å². The third-order valence-corrected chi connectivity index (χ3v) is 3.69. The second kappa shape index (κ2) is 6.68. The van der Waals surface area contributed by atoms with E-state index in [-0.39, 0.29) is 26.6 Å². The van der Waals surface area contributed by atoms with Crippen LogP contribution in [0.1, 0.15) is 10.4 Å². The largest absolute Gasteiger partial charge is 0.321 e. The van der Waals surface area contributed by atoms with Crippen LogP contribution in [0.4, 0.5) is 11.5 Å². The molecule has 9 heteroatoms. The van der Waals surface area contributed by atoms with Crippen molar-refractivity contribution >= 4 is 63.8 Å². The Hall–Kier alpha value is -1.24. The van der Waals surface area contributed by atoms with Gasteiger partial charge in [-0.2, -0.15) is 0 Å². The second-order valence-corrected chi connectivity index (χ2v) is 5.52.